The Labute approximate surface area is 322 Å². The lowest BCUT2D eigenvalue weighted by atomic mass is 9.82. The molecule has 2 saturated heterocycles. The summed E-state index contributed by atoms with van der Waals surface area (Å²) in [6.07, 6.45) is 2.07. The molecule has 0 atom stereocenters. The van der Waals surface area contributed by atoms with Crippen LogP contribution in [0.4, 0.5) is 0 Å². The molecule has 3 aliphatic rings. The molecule has 0 N–H and O–H groups in total. The smallest absolute Gasteiger partial charge is 0.343 e. The number of carbonyl (C=O) groups excluding carboxylic acids is 2. The highest BCUT2D eigenvalue weighted by molar-refractivity contribution is 5.92. The lowest BCUT2D eigenvalue weighted by Gasteiger charge is -2.40. The standard InChI is InChI=1S/C45H50O10/c1-5-44(27-50-28-44)25-48-19-21-52-33-11-7-31(8-12-33)41(46)54-35-15-17-37-38-18-16-36(24-40(38)43(3,4)39(37)23-35)55-42(47)32-9-13-34(14-10-32)53-22-20-49-26-45(6-2)29-51-30-45/h7-18,23-24H,5-6,19-22,25-30H2,1-4H3. The first-order valence-corrected chi connectivity index (χ1v) is 19.1. The number of benzene rings is 4. The van der Waals surface area contributed by atoms with E-state index in [1.807, 2.05) is 24.3 Å². The Bertz CT molecular complexity index is 1810. The van der Waals surface area contributed by atoms with Crippen LogP contribution in [-0.4, -0.2) is 78.0 Å². The van der Waals surface area contributed by atoms with Crippen LogP contribution in [-0.2, 0) is 24.4 Å². The van der Waals surface area contributed by atoms with Gasteiger partial charge < -0.3 is 37.9 Å². The summed E-state index contributed by atoms with van der Waals surface area (Å²) < 4.78 is 45.6. The minimum absolute atomic E-state index is 0.146. The number of hydrogen-bond acceptors (Lipinski definition) is 10. The number of esters is 2. The Morgan fingerprint density at radius 1 is 0.545 bits per heavy atom. The van der Waals surface area contributed by atoms with Crippen molar-refractivity contribution in [3.05, 3.63) is 107 Å². The minimum Gasteiger partial charge on any atom is -0.491 e. The van der Waals surface area contributed by atoms with Crippen molar-refractivity contribution < 1.29 is 47.5 Å². The maximum Gasteiger partial charge on any atom is 0.343 e. The van der Waals surface area contributed by atoms with Gasteiger partial charge >= 0.3 is 11.9 Å². The second kappa shape index (κ2) is 16.5. The van der Waals surface area contributed by atoms with Gasteiger partial charge in [-0.25, -0.2) is 9.59 Å². The molecule has 2 aliphatic heterocycles. The van der Waals surface area contributed by atoms with Gasteiger partial charge in [0, 0.05) is 16.2 Å². The molecule has 1 aliphatic carbocycles. The highest BCUT2D eigenvalue weighted by Gasteiger charge is 2.38. The molecule has 55 heavy (non-hydrogen) atoms. The third kappa shape index (κ3) is 8.58. The third-order valence-corrected chi connectivity index (χ3v) is 11.2. The quantitative estimate of drug-likeness (QED) is 0.0563. The fraction of sp³-hybridized carbons (Fsp3) is 0.422. The lowest BCUT2D eigenvalue weighted by Crippen LogP contribution is -2.45. The van der Waals surface area contributed by atoms with E-state index >= 15 is 0 Å². The van der Waals surface area contributed by atoms with Crippen molar-refractivity contribution in [1.82, 2.24) is 0 Å². The first-order valence-electron chi connectivity index (χ1n) is 19.1. The van der Waals surface area contributed by atoms with Gasteiger partial charge in [0.25, 0.3) is 0 Å². The molecule has 4 aromatic carbocycles. The summed E-state index contributed by atoms with van der Waals surface area (Å²) >= 11 is 0. The first-order chi connectivity index (χ1) is 26.6. The van der Waals surface area contributed by atoms with E-state index in [-0.39, 0.29) is 10.8 Å². The van der Waals surface area contributed by atoms with Crippen LogP contribution < -0.4 is 18.9 Å². The number of rotatable bonds is 18. The molecule has 0 bridgehead atoms. The zero-order valence-corrected chi connectivity index (χ0v) is 32.2. The van der Waals surface area contributed by atoms with Gasteiger partial charge in [0.2, 0.25) is 0 Å². The Hall–Kier alpha value is -4.74. The van der Waals surface area contributed by atoms with Crippen LogP contribution in [0.1, 0.15) is 72.4 Å². The van der Waals surface area contributed by atoms with Crippen LogP contribution in [0, 0.1) is 10.8 Å². The van der Waals surface area contributed by atoms with Gasteiger partial charge in [-0.2, -0.15) is 0 Å². The van der Waals surface area contributed by atoms with Crippen LogP contribution >= 0.6 is 0 Å². The summed E-state index contributed by atoms with van der Waals surface area (Å²) in [6.45, 7) is 14.7. The zero-order chi connectivity index (χ0) is 38.5. The normalized spacial score (nSPS) is 16.9. The maximum atomic E-state index is 13.1. The number of ether oxygens (including phenoxy) is 8. The highest BCUT2D eigenvalue weighted by atomic mass is 16.6. The average molecular weight is 751 g/mol. The molecule has 0 aromatic heterocycles. The summed E-state index contributed by atoms with van der Waals surface area (Å²) in [5.74, 6) is 1.28. The van der Waals surface area contributed by atoms with E-state index in [0.717, 1.165) is 61.5 Å². The number of carbonyl (C=O) groups is 2. The SMILES string of the molecule is CCC1(COCCOc2ccc(C(=O)Oc3ccc4c(c3)C(C)(C)c3cc(OC(=O)c5ccc(OCCOCC6(CC)COC6)cc5)ccc3-4)cc2)COC1. The Morgan fingerprint density at radius 3 is 1.27 bits per heavy atom. The highest BCUT2D eigenvalue weighted by Crippen LogP contribution is 2.50. The van der Waals surface area contributed by atoms with Gasteiger partial charge in [0.1, 0.15) is 36.2 Å². The monoisotopic (exact) mass is 750 g/mol. The second-order valence-electron chi connectivity index (χ2n) is 15.4. The van der Waals surface area contributed by atoms with Crippen LogP contribution in [0.5, 0.6) is 23.0 Å². The van der Waals surface area contributed by atoms with Gasteiger partial charge in [-0.1, -0.05) is 39.8 Å². The van der Waals surface area contributed by atoms with Gasteiger partial charge in [-0.3, -0.25) is 0 Å². The van der Waals surface area contributed by atoms with Crippen molar-refractivity contribution >= 4 is 11.9 Å². The summed E-state index contributed by atoms with van der Waals surface area (Å²) in [4.78, 5) is 26.2. The van der Waals surface area contributed by atoms with E-state index in [2.05, 4.69) is 27.7 Å². The molecule has 0 radical (unpaired) electrons. The zero-order valence-electron chi connectivity index (χ0n) is 32.2. The van der Waals surface area contributed by atoms with E-state index in [1.54, 1.807) is 60.7 Å². The maximum absolute atomic E-state index is 13.1. The van der Waals surface area contributed by atoms with Gasteiger partial charge in [0.05, 0.1) is 64.0 Å². The summed E-state index contributed by atoms with van der Waals surface area (Å²) in [5, 5.41) is 0. The Morgan fingerprint density at radius 2 is 0.927 bits per heavy atom. The molecule has 0 unspecified atom stereocenters. The van der Waals surface area contributed by atoms with E-state index in [1.165, 1.54) is 0 Å². The average Bonchev–Trinajstić information content (AvgIpc) is 3.38. The molecule has 10 heteroatoms. The fourth-order valence-electron chi connectivity index (χ4n) is 7.10. The number of fused-ring (bicyclic) bond motifs is 3. The van der Waals surface area contributed by atoms with Crippen LogP contribution in [0.2, 0.25) is 0 Å². The van der Waals surface area contributed by atoms with Crippen molar-refractivity contribution in [3.63, 3.8) is 0 Å². The van der Waals surface area contributed by atoms with Gasteiger partial charge in [0.15, 0.2) is 0 Å². The predicted octanol–water partition coefficient (Wildman–Crippen LogP) is 8.08. The molecule has 2 fully saturated rings. The minimum atomic E-state index is -0.460. The first kappa shape index (κ1) is 38.5. The van der Waals surface area contributed by atoms with Crippen LogP contribution in [0.15, 0.2) is 84.9 Å². The molecule has 4 aromatic rings. The van der Waals surface area contributed by atoms with Crippen molar-refractivity contribution in [1.29, 1.82) is 0 Å². The van der Waals surface area contributed by atoms with Gasteiger partial charge in [-0.15, -0.1) is 0 Å². The Balaban J connectivity index is 0.895. The molecule has 290 valence electrons. The van der Waals surface area contributed by atoms with Crippen molar-refractivity contribution in [2.45, 2.75) is 46.0 Å². The molecule has 7 rings (SSSR count). The largest absolute Gasteiger partial charge is 0.491 e. The van der Waals surface area contributed by atoms with E-state index in [0.29, 0.717) is 73.8 Å². The molecule has 0 saturated carbocycles. The summed E-state index contributed by atoms with van der Waals surface area (Å²) in [7, 11) is 0. The van der Waals surface area contributed by atoms with Crippen molar-refractivity contribution in [3.8, 4) is 34.1 Å². The van der Waals surface area contributed by atoms with Crippen molar-refractivity contribution in [2.24, 2.45) is 10.8 Å². The molecule has 0 spiro atoms. The van der Waals surface area contributed by atoms with E-state index in [4.69, 9.17) is 37.9 Å². The summed E-state index contributed by atoms with van der Waals surface area (Å²) in [6, 6.07) is 25.2. The molecular weight excluding hydrogens is 700 g/mol. The number of hydrogen-bond donors (Lipinski definition) is 0. The molecule has 10 nitrogen and oxygen atoms in total. The fourth-order valence-corrected chi connectivity index (χ4v) is 7.10. The second-order valence-corrected chi connectivity index (χ2v) is 15.4. The topological polar surface area (TPSA) is 108 Å². The predicted molar refractivity (Wildman–Crippen MR) is 207 cm³/mol. The van der Waals surface area contributed by atoms with Crippen molar-refractivity contribution in [2.75, 3.05) is 66.1 Å². The van der Waals surface area contributed by atoms with E-state index < -0.39 is 17.4 Å². The summed E-state index contributed by atoms with van der Waals surface area (Å²) in [5.41, 5.74) is 4.79. The Kier molecular flexibility index (Phi) is 11.6. The third-order valence-electron chi connectivity index (χ3n) is 11.2. The molecular formula is C45H50O10. The van der Waals surface area contributed by atoms with Crippen LogP contribution in [0.25, 0.3) is 11.1 Å². The lowest BCUT2D eigenvalue weighted by molar-refractivity contribution is -0.151. The molecule has 0 amide bonds. The van der Waals surface area contributed by atoms with Crippen LogP contribution in [0.3, 0.4) is 0 Å². The van der Waals surface area contributed by atoms with E-state index in [9.17, 15) is 9.59 Å². The van der Waals surface area contributed by atoms with Gasteiger partial charge in [-0.05, 0) is 108 Å². The molecule has 2 heterocycles.